The summed E-state index contributed by atoms with van der Waals surface area (Å²) >= 11 is 5.76. The van der Waals surface area contributed by atoms with Gasteiger partial charge in [-0.1, -0.05) is 11.6 Å². The van der Waals surface area contributed by atoms with E-state index in [2.05, 4.69) is 0 Å². The van der Waals surface area contributed by atoms with Gasteiger partial charge in [0, 0.05) is 5.69 Å². The lowest BCUT2D eigenvalue weighted by Crippen LogP contribution is -2.05. The maximum atomic E-state index is 11.0. The largest absolute Gasteiger partial charge is 0.398 e. The summed E-state index contributed by atoms with van der Waals surface area (Å²) in [6.45, 7) is 3.11. The minimum atomic E-state index is -4.32. The number of hydrogen-bond donors (Lipinski definition) is 2. The van der Waals surface area contributed by atoms with Gasteiger partial charge in [-0.2, -0.15) is 8.42 Å². The van der Waals surface area contributed by atoms with Crippen LogP contribution in [0.15, 0.2) is 11.0 Å². The SMILES string of the molecule is Cc1cc(N)c(C)c(S(=O)(=O)O)c1Cl. The predicted molar refractivity (Wildman–Crippen MR) is 55.2 cm³/mol. The van der Waals surface area contributed by atoms with Gasteiger partial charge in [-0.15, -0.1) is 0 Å². The number of nitrogen functional groups attached to an aromatic ring is 1. The molecule has 0 saturated heterocycles. The molecule has 0 aliphatic rings. The quantitative estimate of drug-likeness (QED) is 0.574. The van der Waals surface area contributed by atoms with Gasteiger partial charge in [0.25, 0.3) is 10.1 Å². The molecule has 14 heavy (non-hydrogen) atoms. The highest BCUT2D eigenvalue weighted by Crippen LogP contribution is 2.31. The van der Waals surface area contributed by atoms with Crippen LogP contribution in [-0.2, 0) is 10.1 Å². The van der Waals surface area contributed by atoms with Crippen LogP contribution < -0.4 is 5.73 Å². The van der Waals surface area contributed by atoms with E-state index >= 15 is 0 Å². The standard InChI is InChI=1S/C8H10ClNO3S/c1-4-3-6(10)5(2)8(7(4)9)14(11,12)13/h3H,10H2,1-2H3,(H,11,12,13). The number of benzene rings is 1. The molecule has 6 heteroatoms. The molecule has 0 amide bonds. The average Bonchev–Trinajstić information content (AvgIpc) is 1.98. The molecule has 3 N–H and O–H groups in total. The van der Waals surface area contributed by atoms with Crippen LogP contribution in [-0.4, -0.2) is 13.0 Å². The Labute approximate surface area is 87.4 Å². The number of anilines is 1. The summed E-state index contributed by atoms with van der Waals surface area (Å²) in [5, 5.41) is 0.0131. The van der Waals surface area contributed by atoms with Gasteiger partial charge >= 0.3 is 0 Å². The van der Waals surface area contributed by atoms with Crippen molar-refractivity contribution in [3.05, 3.63) is 22.2 Å². The molecule has 0 spiro atoms. The Morgan fingerprint density at radius 2 is 1.93 bits per heavy atom. The molecule has 0 saturated carbocycles. The third-order valence-corrected chi connectivity index (χ3v) is 3.57. The van der Waals surface area contributed by atoms with Gasteiger partial charge in [0.1, 0.15) is 4.90 Å². The average molecular weight is 236 g/mol. The van der Waals surface area contributed by atoms with E-state index in [9.17, 15) is 8.42 Å². The van der Waals surface area contributed by atoms with E-state index in [1.54, 1.807) is 13.0 Å². The summed E-state index contributed by atoms with van der Waals surface area (Å²) in [4.78, 5) is -0.309. The van der Waals surface area contributed by atoms with Crippen molar-refractivity contribution in [3.63, 3.8) is 0 Å². The molecule has 0 bridgehead atoms. The van der Waals surface area contributed by atoms with Crippen LogP contribution in [0.25, 0.3) is 0 Å². The van der Waals surface area contributed by atoms with Gasteiger partial charge in [-0.05, 0) is 31.0 Å². The van der Waals surface area contributed by atoms with Crippen LogP contribution in [0.5, 0.6) is 0 Å². The molecule has 0 atom stereocenters. The molecule has 0 aromatic heterocycles. The Balaban J connectivity index is 3.74. The van der Waals surface area contributed by atoms with Crippen LogP contribution in [0.1, 0.15) is 11.1 Å². The van der Waals surface area contributed by atoms with Crippen LogP contribution in [0.4, 0.5) is 5.69 Å². The Morgan fingerprint density at radius 3 is 2.36 bits per heavy atom. The third kappa shape index (κ3) is 1.84. The molecule has 78 valence electrons. The number of halogens is 1. The highest BCUT2D eigenvalue weighted by molar-refractivity contribution is 7.86. The van der Waals surface area contributed by atoms with Crippen molar-refractivity contribution in [2.45, 2.75) is 18.7 Å². The highest BCUT2D eigenvalue weighted by Gasteiger charge is 2.20. The molecular weight excluding hydrogens is 226 g/mol. The van der Waals surface area contributed by atoms with Gasteiger partial charge in [0.15, 0.2) is 0 Å². The molecule has 1 rings (SSSR count). The summed E-state index contributed by atoms with van der Waals surface area (Å²) < 4.78 is 30.9. The first kappa shape index (κ1) is 11.3. The fourth-order valence-corrected chi connectivity index (χ4v) is 2.57. The molecular formula is C8H10ClNO3S. The molecule has 4 nitrogen and oxygen atoms in total. The van der Waals surface area contributed by atoms with Gasteiger partial charge in [-0.3, -0.25) is 4.55 Å². The molecule has 0 aliphatic carbocycles. The molecule has 1 aromatic rings. The van der Waals surface area contributed by atoms with E-state index in [4.69, 9.17) is 21.9 Å². The van der Waals surface area contributed by atoms with Crippen LogP contribution in [0.3, 0.4) is 0 Å². The summed E-state index contributed by atoms with van der Waals surface area (Å²) in [5.41, 5.74) is 6.63. The maximum Gasteiger partial charge on any atom is 0.296 e. The highest BCUT2D eigenvalue weighted by atomic mass is 35.5. The van der Waals surface area contributed by atoms with E-state index < -0.39 is 10.1 Å². The second kappa shape index (κ2) is 3.42. The van der Waals surface area contributed by atoms with Crippen molar-refractivity contribution in [2.24, 2.45) is 0 Å². The van der Waals surface area contributed by atoms with Crippen LogP contribution in [0, 0.1) is 13.8 Å². The number of hydrogen-bond acceptors (Lipinski definition) is 3. The van der Waals surface area contributed by atoms with E-state index in [0.717, 1.165) is 0 Å². The van der Waals surface area contributed by atoms with Gasteiger partial charge in [-0.25, -0.2) is 0 Å². The van der Waals surface area contributed by atoms with Crippen LogP contribution >= 0.6 is 11.6 Å². The molecule has 0 radical (unpaired) electrons. The Morgan fingerprint density at radius 1 is 1.43 bits per heavy atom. The molecule has 0 fully saturated rings. The molecule has 0 aliphatic heterocycles. The van der Waals surface area contributed by atoms with E-state index in [0.29, 0.717) is 11.3 Å². The Kier molecular flexibility index (Phi) is 2.76. The van der Waals surface area contributed by atoms with E-state index in [1.165, 1.54) is 6.92 Å². The maximum absolute atomic E-state index is 11.0. The summed E-state index contributed by atoms with van der Waals surface area (Å²) in [6.07, 6.45) is 0. The Bertz CT molecular complexity index is 456. The first-order valence-electron chi connectivity index (χ1n) is 3.78. The monoisotopic (exact) mass is 235 g/mol. The fourth-order valence-electron chi connectivity index (χ4n) is 1.19. The number of rotatable bonds is 1. The van der Waals surface area contributed by atoms with Crippen molar-refractivity contribution < 1.29 is 13.0 Å². The first-order valence-corrected chi connectivity index (χ1v) is 5.59. The predicted octanol–water partition coefficient (Wildman–Crippen LogP) is 1.79. The van der Waals surface area contributed by atoms with Gasteiger partial charge in [0.05, 0.1) is 5.02 Å². The first-order chi connectivity index (χ1) is 6.25. The lowest BCUT2D eigenvalue weighted by Gasteiger charge is -2.10. The van der Waals surface area contributed by atoms with E-state index in [-0.39, 0.29) is 15.5 Å². The zero-order valence-electron chi connectivity index (χ0n) is 7.70. The number of nitrogens with two attached hydrogens (primary N) is 1. The fraction of sp³-hybridized carbons (Fsp3) is 0.250. The summed E-state index contributed by atoms with van der Waals surface area (Å²) in [5.74, 6) is 0. The lowest BCUT2D eigenvalue weighted by atomic mass is 10.1. The number of aryl methyl sites for hydroxylation is 1. The second-order valence-electron chi connectivity index (χ2n) is 3.03. The van der Waals surface area contributed by atoms with Crippen molar-refractivity contribution in [2.75, 3.05) is 5.73 Å². The lowest BCUT2D eigenvalue weighted by molar-refractivity contribution is 0.482. The molecule has 0 heterocycles. The minimum absolute atomic E-state index is 0.0131. The molecule has 0 unspecified atom stereocenters. The van der Waals surface area contributed by atoms with Crippen molar-refractivity contribution in [1.82, 2.24) is 0 Å². The van der Waals surface area contributed by atoms with Crippen LogP contribution in [0.2, 0.25) is 5.02 Å². The van der Waals surface area contributed by atoms with Crippen molar-refractivity contribution >= 4 is 27.4 Å². The van der Waals surface area contributed by atoms with Gasteiger partial charge < -0.3 is 5.73 Å². The third-order valence-electron chi connectivity index (χ3n) is 1.95. The topological polar surface area (TPSA) is 80.4 Å². The summed E-state index contributed by atoms with van der Waals surface area (Å²) in [7, 11) is -4.32. The smallest absolute Gasteiger partial charge is 0.296 e. The van der Waals surface area contributed by atoms with E-state index in [1.807, 2.05) is 0 Å². The van der Waals surface area contributed by atoms with Crippen molar-refractivity contribution in [1.29, 1.82) is 0 Å². The normalized spacial score (nSPS) is 11.7. The zero-order valence-corrected chi connectivity index (χ0v) is 9.28. The second-order valence-corrected chi connectivity index (χ2v) is 4.76. The zero-order chi connectivity index (χ0) is 11.1. The summed E-state index contributed by atoms with van der Waals surface area (Å²) in [6, 6.07) is 1.56. The Hall–Kier alpha value is -0.780. The van der Waals surface area contributed by atoms with Gasteiger partial charge in [0.2, 0.25) is 0 Å². The minimum Gasteiger partial charge on any atom is -0.398 e. The van der Waals surface area contributed by atoms with Crippen molar-refractivity contribution in [3.8, 4) is 0 Å². The molecule has 1 aromatic carbocycles.